The summed E-state index contributed by atoms with van der Waals surface area (Å²) in [5.74, 6) is 0.971. The standard InChI is InChI=1S/C15H24N2O2/c1-3-18-15-7-5-4-6-13(15)10-16-11-14-12-17(2)8-9-19-14/h4-7,14,16H,3,8-12H2,1-2H3. The minimum absolute atomic E-state index is 0.290. The number of hydrogen-bond donors (Lipinski definition) is 1. The molecule has 0 saturated carbocycles. The summed E-state index contributed by atoms with van der Waals surface area (Å²) in [6.07, 6.45) is 0.290. The fraction of sp³-hybridized carbons (Fsp3) is 0.600. The fourth-order valence-electron chi connectivity index (χ4n) is 2.30. The molecule has 1 fully saturated rings. The van der Waals surface area contributed by atoms with Crippen molar-refractivity contribution in [3.8, 4) is 5.75 Å². The maximum absolute atomic E-state index is 5.73. The number of likely N-dealkylation sites (N-methyl/N-ethyl adjacent to an activating group) is 1. The van der Waals surface area contributed by atoms with Crippen LogP contribution in [0, 0.1) is 0 Å². The average molecular weight is 264 g/mol. The molecule has 1 heterocycles. The molecule has 0 bridgehead atoms. The second-order valence-electron chi connectivity index (χ2n) is 4.93. The Hall–Kier alpha value is -1.10. The first kappa shape index (κ1) is 14.3. The lowest BCUT2D eigenvalue weighted by atomic mass is 10.2. The van der Waals surface area contributed by atoms with E-state index in [1.165, 1.54) is 5.56 Å². The molecular formula is C15H24N2O2. The van der Waals surface area contributed by atoms with Crippen molar-refractivity contribution in [2.45, 2.75) is 19.6 Å². The number of benzene rings is 1. The van der Waals surface area contributed by atoms with Gasteiger partial charge in [-0.3, -0.25) is 0 Å². The Balaban J connectivity index is 1.78. The number of nitrogens with zero attached hydrogens (tertiary/aromatic N) is 1. The van der Waals surface area contributed by atoms with Crippen molar-refractivity contribution in [3.05, 3.63) is 29.8 Å². The zero-order valence-corrected chi connectivity index (χ0v) is 11.9. The van der Waals surface area contributed by atoms with Crippen molar-refractivity contribution < 1.29 is 9.47 Å². The molecule has 0 spiro atoms. The van der Waals surface area contributed by atoms with Gasteiger partial charge in [0.05, 0.1) is 19.3 Å². The van der Waals surface area contributed by atoms with E-state index < -0.39 is 0 Å². The zero-order chi connectivity index (χ0) is 13.5. The number of para-hydroxylation sites is 1. The van der Waals surface area contributed by atoms with Gasteiger partial charge in [-0.15, -0.1) is 0 Å². The number of ether oxygens (including phenoxy) is 2. The molecule has 2 rings (SSSR count). The third-order valence-corrected chi connectivity index (χ3v) is 3.30. The molecule has 1 atom stereocenters. The molecule has 1 saturated heterocycles. The SMILES string of the molecule is CCOc1ccccc1CNCC1CN(C)CCO1. The summed E-state index contributed by atoms with van der Waals surface area (Å²) < 4.78 is 11.3. The van der Waals surface area contributed by atoms with Gasteiger partial charge < -0.3 is 19.7 Å². The van der Waals surface area contributed by atoms with Crippen LogP contribution >= 0.6 is 0 Å². The number of morpholine rings is 1. The minimum Gasteiger partial charge on any atom is -0.494 e. The van der Waals surface area contributed by atoms with Crippen LogP contribution in [0.25, 0.3) is 0 Å². The first-order chi connectivity index (χ1) is 9.29. The molecule has 0 radical (unpaired) electrons. The van der Waals surface area contributed by atoms with Crippen molar-refractivity contribution in [3.63, 3.8) is 0 Å². The normalized spacial score (nSPS) is 20.4. The van der Waals surface area contributed by atoms with Gasteiger partial charge in [0.2, 0.25) is 0 Å². The first-order valence-electron chi connectivity index (χ1n) is 7.01. The monoisotopic (exact) mass is 264 g/mol. The van der Waals surface area contributed by atoms with Crippen molar-refractivity contribution in [2.24, 2.45) is 0 Å². The molecule has 19 heavy (non-hydrogen) atoms. The third kappa shape index (κ3) is 4.49. The molecule has 1 aliphatic heterocycles. The fourth-order valence-corrected chi connectivity index (χ4v) is 2.30. The smallest absolute Gasteiger partial charge is 0.123 e. The van der Waals surface area contributed by atoms with E-state index in [4.69, 9.17) is 9.47 Å². The third-order valence-electron chi connectivity index (χ3n) is 3.30. The summed E-state index contributed by atoms with van der Waals surface area (Å²) in [5, 5.41) is 3.46. The lowest BCUT2D eigenvalue weighted by Gasteiger charge is -2.30. The Morgan fingerprint density at radius 1 is 1.42 bits per heavy atom. The summed E-state index contributed by atoms with van der Waals surface area (Å²) in [6.45, 7) is 7.27. The van der Waals surface area contributed by atoms with Crippen molar-refractivity contribution in [2.75, 3.05) is 39.9 Å². The van der Waals surface area contributed by atoms with Crippen LogP contribution in [0.4, 0.5) is 0 Å². The average Bonchev–Trinajstić information content (AvgIpc) is 2.41. The highest BCUT2D eigenvalue weighted by atomic mass is 16.5. The van der Waals surface area contributed by atoms with Crippen molar-refractivity contribution >= 4 is 0 Å². The van der Waals surface area contributed by atoms with Gasteiger partial charge in [-0.25, -0.2) is 0 Å². The molecule has 4 nitrogen and oxygen atoms in total. The maximum atomic E-state index is 5.73. The molecule has 0 amide bonds. The topological polar surface area (TPSA) is 33.7 Å². The largest absolute Gasteiger partial charge is 0.494 e. The van der Waals surface area contributed by atoms with Crippen LogP contribution in [0.15, 0.2) is 24.3 Å². The van der Waals surface area contributed by atoms with Crippen LogP contribution in [0.5, 0.6) is 5.75 Å². The van der Waals surface area contributed by atoms with E-state index in [1.807, 2.05) is 25.1 Å². The summed E-state index contributed by atoms with van der Waals surface area (Å²) in [6, 6.07) is 8.18. The maximum Gasteiger partial charge on any atom is 0.123 e. The Morgan fingerprint density at radius 3 is 3.05 bits per heavy atom. The Labute approximate surface area is 115 Å². The van der Waals surface area contributed by atoms with Crippen molar-refractivity contribution in [1.82, 2.24) is 10.2 Å². The Kier molecular flexibility index (Phi) is 5.63. The number of nitrogens with one attached hydrogen (secondary N) is 1. The highest BCUT2D eigenvalue weighted by molar-refractivity contribution is 5.33. The van der Waals surface area contributed by atoms with E-state index in [0.29, 0.717) is 6.61 Å². The second kappa shape index (κ2) is 7.48. The van der Waals surface area contributed by atoms with Gasteiger partial charge in [0.25, 0.3) is 0 Å². The van der Waals surface area contributed by atoms with Crippen LogP contribution in [0.3, 0.4) is 0 Å². The van der Waals surface area contributed by atoms with Crippen LogP contribution in [0.1, 0.15) is 12.5 Å². The number of hydrogen-bond acceptors (Lipinski definition) is 4. The van der Waals surface area contributed by atoms with Gasteiger partial charge in [0.1, 0.15) is 5.75 Å². The van der Waals surface area contributed by atoms with Gasteiger partial charge in [-0.05, 0) is 20.0 Å². The summed E-state index contributed by atoms with van der Waals surface area (Å²) in [5.41, 5.74) is 1.20. The molecule has 1 aromatic carbocycles. The van der Waals surface area contributed by atoms with E-state index in [0.717, 1.165) is 38.5 Å². The van der Waals surface area contributed by atoms with Crippen LogP contribution in [-0.2, 0) is 11.3 Å². The quantitative estimate of drug-likeness (QED) is 0.844. The lowest BCUT2D eigenvalue weighted by molar-refractivity contribution is -0.0182. The van der Waals surface area contributed by atoms with Gasteiger partial charge in [-0.1, -0.05) is 18.2 Å². The molecule has 1 aliphatic rings. The summed E-state index contributed by atoms with van der Waals surface area (Å²) in [7, 11) is 2.14. The Bertz CT molecular complexity index is 384. The van der Waals surface area contributed by atoms with E-state index in [9.17, 15) is 0 Å². The van der Waals surface area contributed by atoms with E-state index in [2.05, 4.69) is 23.3 Å². The van der Waals surface area contributed by atoms with E-state index in [1.54, 1.807) is 0 Å². The van der Waals surface area contributed by atoms with Crippen LogP contribution in [0.2, 0.25) is 0 Å². The lowest BCUT2D eigenvalue weighted by Crippen LogP contribution is -2.44. The zero-order valence-electron chi connectivity index (χ0n) is 11.9. The molecule has 1 aromatic rings. The van der Waals surface area contributed by atoms with Gasteiger partial charge >= 0.3 is 0 Å². The second-order valence-corrected chi connectivity index (χ2v) is 4.93. The highest BCUT2D eigenvalue weighted by Crippen LogP contribution is 2.17. The molecule has 0 aliphatic carbocycles. The van der Waals surface area contributed by atoms with Crippen molar-refractivity contribution in [1.29, 1.82) is 0 Å². The first-order valence-corrected chi connectivity index (χ1v) is 7.01. The van der Waals surface area contributed by atoms with Gasteiger partial charge in [-0.2, -0.15) is 0 Å². The van der Waals surface area contributed by atoms with Crippen LogP contribution in [-0.4, -0.2) is 50.9 Å². The van der Waals surface area contributed by atoms with Gasteiger partial charge in [0.15, 0.2) is 0 Å². The summed E-state index contributed by atoms with van der Waals surface area (Å²) in [4.78, 5) is 2.31. The minimum atomic E-state index is 0.290. The summed E-state index contributed by atoms with van der Waals surface area (Å²) >= 11 is 0. The molecule has 0 aromatic heterocycles. The van der Waals surface area contributed by atoms with Gasteiger partial charge in [0, 0.05) is 31.7 Å². The molecular weight excluding hydrogens is 240 g/mol. The Morgan fingerprint density at radius 2 is 2.26 bits per heavy atom. The number of rotatable bonds is 6. The predicted molar refractivity (Wildman–Crippen MR) is 76.6 cm³/mol. The van der Waals surface area contributed by atoms with E-state index >= 15 is 0 Å². The molecule has 1 unspecified atom stereocenters. The highest BCUT2D eigenvalue weighted by Gasteiger charge is 2.17. The predicted octanol–water partition coefficient (Wildman–Crippen LogP) is 1.51. The van der Waals surface area contributed by atoms with Crippen LogP contribution < -0.4 is 10.1 Å². The van der Waals surface area contributed by atoms with E-state index in [-0.39, 0.29) is 6.10 Å². The molecule has 4 heteroatoms. The molecule has 106 valence electrons. The molecule has 1 N–H and O–H groups in total.